The van der Waals surface area contributed by atoms with E-state index in [0.717, 1.165) is 38.4 Å². The number of nitrogens with one attached hydrogen (secondary N) is 1. The van der Waals surface area contributed by atoms with Crippen LogP contribution in [0.25, 0.3) is 0 Å². The normalized spacial score (nSPS) is 28.2. The second-order valence-corrected chi connectivity index (χ2v) is 7.16. The van der Waals surface area contributed by atoms with E-state index < -0.39 is 5.54 Å². The molecule has 0 radical (unpaired) electrons. The van der Waals surface area contributed by atoms with Crippen LogP contribution in [-0.4, -0.2) is 42.0 Å². The van der Waals surface area contributed by atoms with E-state index in [-0.39, 0.29) is 5.91 Å². The molecule has 0 spiro atoms. The summed E-state index contributed by atoms with van der Waals surface area (Å²) in [7, 11) is 0. The summed E-state index contributed by atoms with van der Waals surface area (Å²) in [5.41, 5.74) is 5.39. The largest absolute Gasteiger partial charge is 0.368 e. The maximum absolute atomic E-state index is 12.2. The Morgan fingerprint density at radius 2 is 1.85 bits per heavy atom. The molecule has 2 saturated carbocycles. The minimum Gasteiger partial charge on any atom is -0.368 e. The highest BCUT2D eigenvalue weighted by atomic mass is 16.1. The quantitative estimate of drug-likeness (QED) is 0.742. The highest BCUT2D eigenvalue weighted by Gasteiger charge is 2.52. The molecule has 1 amide bonds. The number of nitrogens with two attached hydrogens (primary N) is 1. The van der Waals surface area contributed by atoms with Crippen molar-refractivity contribution in [2.45, 2.75) is 63.5 Å². The van der Waals surface area contributed by atoms with Gasteiger partial charge in [-0.05, 0) is 63.5 Å². The Balaban J connectivity index is 1.65. The predicted octanol–water partition coefficient (Wildman–Crippen LogP) is 1.49. The first kappa shape index (κ1) is 14.3. The summed E-state index contributed by atoms with van der Waals surface area (Å²) < 4.78 is 0. The van der Waals surface area contributed by atoms with Crippen molar-refractivity contribution >= 4 is 5.91 Å². The molecule has 20 heavy (non-hydrogen) atoms. The van der Waals surface area contributed by atoms with E-state index in [1.54, 1.807) is 0 Å². The summed E-state index contributed by atoms with van der Waals surface area (Å²) in [5.74, 6) is 1.24. The molecule has 3 fully saturated rings. The highest BCUT2D eigenvalue weighted by molar-refractivity contribution is 5.86. The van der Waals surface area contributed by atoms with Crippen LogP contribution in [0.1, 0.15) is 51.9 Å². The maximum atomic E-state index is 12.2. The maximum Gasteiger partial charge on any atom is 0.239 e. The summed E-state index contributed by atoms with van der Waals surface area (Å²) in [6.07, 6.45) is 8.58. The van der Waals surface area contributed by atoms with Crippen LogP contribution in [0.2, 0.25) is 0 Å². The Kier molecular flexibility index (Phi) is 4.04. The number of nitrogens with zero attached hydrogens (tertiary/aromatic N) is 1. The van der Waals surface area contributed by atoms with Crippen LogP contribution >= 0.6 is 0 Å². The van der Waals surface area contributed by atoms with Crippen LogP contribution in [0, 0.1) is 11.8 Å². The lowest BCUT2D eigenvalue weighted by molar-refractivity contribution is -0.126. The lowest BCUT2D eigenvalue weighted by Crippen LogP contribution is -2.64. The van der Waals surface area contributed by atoms with Crippen molar-refractivity contribution in [3.8, 4) is 0 Å². The summed E-state index contributed by atoms with van der Waals surface area (Å²) in [6.45, 7) is 5.38. The molecule has 2 aliphatic carbocycles. The summed E-state index contributed by atoms with van der Waals surface area (Å²) in [4.78, 5) is 14.7. The molecule has 0 bridgehead atoms. The predicted molar refractivity (Wildman–Crippen MR) is 80.3 cm³/mol. The van der Waals surface area contributed by atoms with Gasteiger partial charge in [0.1, 0.15) is 5.54 Å². The summed E-state index contributed by atoms with van der Waals surface area (Å²) in [6, 6.07) is 0.538. The van der Waals surface area contributed by atoms with E-state index in [1.807, 2.05) is 0 Å². The molecule has 1 aliphatic heterocycles. The number of piperidine rings is 1. The molecule has 1 saturated heterocycles. The third-order valence-electron chi connectivity index (χ3n) is 5.51. The molecule has 3 aliphatic rings. The van der Waals surface area contributed by atoms with Crippen molar-refractivity contribution in [1.82, 2.24) is 10.2 Å². The van der Waals surface area contributed by atoms with Gasteiger partial charge in [-0.2, -0.15) is 0 Å². The van der Waals surface area contributed by atoms with Crippen LogP contribution in [0.15, 0.2) is 0 Å². The average Bonchev–Trinajstić information content (AvgIpc) is 3.31. The summed E-state index contributed by atoms with van der Waals surface area (Å²) >= 11 is 0. The number of carbonyl (C=O) groups excluding carboxylic acids is 1. The van der Waals surface area contributed by atoms with Gasteiger partial charge in [0, 0.05) is 12.6 Å². The van der Waals surface area contributed by atoms with Crippen LogP contribution in [0.3, 0.4) is 0 Å². The van der Waals surface area contributed by atoms with Gasteiger partial charge in [-0.1, -0.05) is 13.3 Å². The molecule has 1 atom stereocenters. The van der Waals surface area contributed by atoms with Gasteiger partial charge >= 0.3 is 0 Å². The second kappa shape index (κ2) is 5.64. The molecule has 4 nitrogen and oxygen atoms in total. The van der Waals surface area contributed by atoms with Crippen LogP contribution in [-0.2, 0) is 4.79 Å². The van der Waals surface area contributed by atoms with E-state index in [0.29, 0.717) is 12.0 Å². The van der Waals surface area contributed by atoms with Gasteiger partial charge in [0.05, 0.1) is 0 Å². The minimum absolute atomic E-state index is 0.121. The smallest absolute Gasteiger partial charge is 0.239 e. The Bertz CT molecular complexity index is 357. The van der Waals surface area contributed by atoms with Crippen LogP contribution in [0.5, 0.6) is 0 Å². The van der Waals surface area contributed by atoms with Gasteiger partial charge in [0.15, 0.2) is 0 Å². The molecule has 0 aromatic rings. The lowest BCUT2D eigenvalue weighted by Gasteiger charge is -2.40. The SMILES string of the molecule is CCC1CCN(CC(NC2CC2)(C(N)=O)C2CC2)CC1. The topological polar surface area (TPSA) is 58.4 Å². The van der Waals surface area contributed by atoms with E-state index >= 15 is 0 Å². The van der Waals surface area contributed by atoms with E-state index in [4.69, 9.17) is 5.73 Å². The lowest BCUT2D eigenvalue weighted by atomic mass is 9.88. The van der Waals surface area contributed by atoms with E-state index in [1.165, 1.54) is 32.1 Å². The molecule has 4 heteroatoms. The number of likely N-dealkylation sites (tertiary alicyclic amines) is 1. The van der Waals surface area contributed by atoms with Gasteiger partial charge in [-0.15, -0.1) is 0 Å². The monoisotopic (exact) mass is 279 g/mol. The Hall–Kier alpha value is -0.610. The molecule has 0 aromatic carbocycles. The van der Waals surface area contributed by atoms with Crippen molar-refractivity contribution in [3.05, 3.63) is 0 Å². The third kappa shape index (κ3) is 3.01. The number of hydrogen-bond donors (Lipinski definition) is 2. The van der Waals surface area contributed by atoms with Crippen molar-refractivity contribution in [1.29, 1.82) is 0 Å². The molecular formula is C16H29N3O. The van der Waals surface area contributed by atoms with Crippen LogP contribution < -0.4 is 11.1 Å². The number of primary amides is 1. The number of carbonyl (C=O) groups is 1. The Morgan fingerprint density at radius 1 is 1.20 bits per heavy atom. The molecule has 1 heterocycles. The van der Waals surface area contributed by atoms with Crippen molar-refractivity contribution in [2.24, 2.45) is 17.6 Å². The fourth-order valence-corrected chi connectivity index (χ4v) is 3.72. The number of hydrogen-bond acceptors (Lipinski definition) is 3. The fraction of sp³-hybridized carbons (Fsp3) is 0.938. The first-order valence-electron chi connectivity index (χ1n) is 8.44. The van der Waals surface area contributed by atoms with Gasteiger partial charge in [-0.3, -0.25) is 10.1 Å². The fourth-order valence-electron chi connectivity index (χ4n) is 3.72. The third-order valence-corrected chi connectivity index (χ3v) is 5.51. The first-order chi connectivity index (χ1) is 9.64. The molecular weight excluding hydrogens is 250 g/mol. The minimum atomic E-state index is -0.444. The zero-order chi connectivity index (χ0) is 14.2. The zero-order valence-electron chi connectivity index (χ0n) is 12.7. The van der Waals surface area contributed by atoms with Gasteiger partial charge < -0.3 is 10.6 Å². The highest BCUT2D eigenvalue weighted by Crippen LogP contribution is 2.42. The molecule has 1 unspecified atom stereocenters. The average molecular weight is 279 g/mol. The Labute approximate surface area is 122 Å². The summed E-state index contributed by atoms with van der Waals surface area (Å²) in [5, 5.41) is 3.62. The Morgan fingerprint density at radius 3 is 2.30 bits per heavy atom. The second-order valence-electron chi connectivity index (χ2n) is 7.16. The first-order valence-corrected chi connectivity index (χ1v) is 8.44. The molecule has 3 N–H and O–H groups in total. The van der Waals surface area contributed by atoms with Gasteiger partial charge in [0.25, 0.3) is 0 Å². The van der Waals surface area contributed by atoms with E-state index in [9.17, 15) is 4.79 Å². The van der Waals surface area contributed by atoms with Crippen molar-refractivity contribution in [2.75, 3.05) is 19.6 Å². The number of amides is 1. The van der Waals surface area contributed by atoms with Gasteiger partial charge in [-0.25, -0.2) is 0 Å². The van der Waals surface area contributed by atoms with E-state index in [2.05, 4.69) is 17.1 Å². The molecule has 3 rings (SSSR count). The molecule has 114 valence electrons. The number of rotatable bonds is 7. The van der Waals surface area contributed by atoms with Crippen LogP contribution in [0.4, 0.5) is 0 Å². The van der Waals surface area contributed by atoms with Crippen molar-refractivity contribution < 1.29 is 4.79 Å². The van der Waals surface area contributed by atoms with Crippen molar-refractivity contribution in [3.63, 3.8) is 0 Å². The molecule has 0 aromatic heterocycles. The van der Waals surface area contributed by atoms with Gasteiger partial charge in [0.2, 0.25) is 5.91 Å². The zero-order valence-corrected chi connectivity index (χ0v) is 12.7. The standard InChI is InChI=1S/C16H29N3O/c1-2-12-7-9-19(10-8-12)11-16(15(17)20,13-3-4-13)18-14-5-6-14/h12-14,18H,2-11H2,1H3,(H2,17,20).